The van der Waals surface area contributed by atoms with Crippen molar-refractivity contribution >= 4 is 0 Å². The van der Waals surface area contributed by atoms with Crippen LogP contribution in [0.2, 0.25) is 0 Å². The Morgan fingerprint density at radius 2 is 1.83 bits per heavy atom. The van der Waals surface area contributed by atoms with Crippen molar-refractivity contribution in [3.8, 4) is 0 Å². The van der Waals surface area contributed by atoms with E-state index in [0.717, 1.165) is 19.4 Å². The van der Waals surface area contributed by atoms with E-state index in [4.69, 9.17) is 5.11 Å². The second-order valence-corrected chi connectivity index (χ2v) is 5.29. The molecule has 2 nitrogen and oxygen atoms in total. The molecule has 0 aromatic heterocycles. The van der Waals surface area contributed by atoms with Gasteiger partial charge in [-0.2, -0.15) is 0 Å². The Balaban J connectivity index is 2.59. The maximum atomic E-state index is 9.02. The zero-order chi connectivity index (χ0) is 13.4. The van der Waals surface area contributed by atoms with Crippen LogP contribution in [-0.2, 0) is 0 Å². The summed E-state index contributed by atoms with van der Waals surface area (Å²) in [6.07, 6.45) is 1.91. The van der Waals surface area contributed by atoms with E-state index in [1.165, 1.54) is 5.56 Å². The maximum absolute atomic E-state index is 9.02. The zero-order valence-corrected chi connectivity index (χ0v) is 11.9. The summed E-state index contributed by atoms with van der Waals surface area (Å²) >= 11 is 0. The molecule has 0 heterocycles. The molecule has 0 fully saturated rings. The van der Waals surface area contributed by atoms with Crippen molar-refractivity contribution in [2.45, 2.75) is 45.6 Å². The first kappa shape index (κ1) is 15.2. The van der Waals surface area contributed by atoms with E-state index < -0.39 is 0 Å². The molecule has 0 saturated carbocycles. The third kappa shape index (κ3) is 4.79. The van der Waals surface area contributed by atoms with Crippen LogP contribution in [0.4, 0.5) is 0 Å². The van der Waals surface area contributed by atoms with Gasteiger partial charge in [-0.25, -0.2) is 0 Å². The van der Waals surface area contributed by atoms with Crippen LogP contribution in [0.25, 0.3) is 0 Å². The predicted octanol–water partition coefficient (Wildman–Crippen LogP) is 3.18. The van der Waals surface area contributed by atoms with E-state index in [2.05, 4.69) is 56.4 Å². The Morgan fingerprint density at radius 1 is 1.17 bits per heavy atom. The molecule has 0 saturated heterocycles. The Bertz CT molecular complexity index is 310. The highest BCUT2D eigenvalue weighted by Crippen LogP contribution is 2.23. The van der Waals surface area contributed by atoms with Gasteiger partial charge in [-0.1, -0.05) is 51.1 Å². The first-order valence-electron chi connectivity index (χ1n) is 7.08. The summed E-state index contributed by atoms with van der Waals surface area (Å²) in [5.74, 6) is 1.16. The van der Waals surface area contributed by atoms with Gasteiger partial charge < -0.3 is 10.4 Å². The molecule has 0 aliphatic heterocycles. The fourth-order valence-electron chi connectivity index (χ4n) is 2.34. The SMILES string of the molecule is CCC(CCO)NCC(c1ccccc1)C(C)C. The smallest absolute Gasteiger partial charge is 0.0445 e. The lowest BCUT2D eigenvalue weighted by Crippen LogP contribution is -2.34. The summed E-state index contributed by atoms with van der Waals surface area (Å²) in [4.78, 5) is 0. The highest BCUT2D eigenvalue weighted by atomic mass is 16.3. The summed E-state index contributed by atoms with van der Waals surface area (Å²) in [5.41, 5.74) is 1.40. The standard InChI is InChI=1S/C16H27NO/c1-4-15(10-11-18)17-12-16(13(2)3)14-8-6-5-7-9-14/h5-9,13,15-18H,4,10-12H2,1-3H3. The Labute approximate surface area is 111 Å². The molecule has 0 aliphatic rings. The number of aliphatic hydroxyl groups is 1. The van der Waals surface area contributed by atoms with Crippen molar-refractivity contribution in [1.29, 1.82) is 0 Å². The van der Waals surface area contributed by atoms with Crippen LogP contribution < -0.4 is 5.32 Å². The topological polar surface area (TPSA) is 32.3 Å². The molecule has 18 heavy (non-hydrogen) atoms. The minimum absolute atomic E-state index is 0.267. The van der Waals surface area contributed by atoms with E-state index in [1.807, 2.05) is 0 Å². The molecule has 0 bridgehead atoms. The molecule has 2 N–H and O–H groups in total. The minimum atomic E-state index is 0.267. The normalized spacial score (nSPS) is 14.7. The van der Waals surface area contributed by atoms with Gasteiger partial charge in [0.2, 0.25) is 0 Å². The largest absolute Gasteiger partial charge is 0.396 e. The molecule has 0 aliphatic carbocycles. The van der Waals surface area contributed by atoms with Gasteiger partial charge >= 0.3 is 0 Å². The van der Waals surface area contributed by atoms with Crippen molar-refractivity contribution in [3.05, 3.63) is 35.9 Å². The van der Waals surface area contributed by atoms with Crippen molar-refractivity contribution in [1.82, 2.24) is 5.32 Å². The number of nitrogens with one attached hydrogen (secondary N) is 1. The molecule has 0 spiro atoms. The number of hydrogen-bond acceptors (Lipinski definition) is 2. The highest BCUT2D eigenvalue weighted by Gasteiger charge is 2.16. The highest BCUT2D eigenvalue weighted by molar-refractivity contribution is 5.20. The molecule has 2 unspecified atom stereocenters. The van der Waals surface area contributed by atoms with Gasteiger partial charge in [-0.15, -0.1) is 0 Å². The van der Waals surface area contributed by atoms with E-state index in [1.54, 1.807) is 0 Å². The van der Waals surface area contributed by atoms with Gasteiger partial charge in [0.25, 0.3) is 0 Å². The molecule has 0 amide bonds. The first-order valence-corrected chi connectivity index (χ1v) is 7.08. The molecule has 1 aromatic rings. The van der Waals surface area contributed by atoms with Gasteiger partial charge in [0.1, 0.15) is 0 Å². The van der Waals surface area contributed by atoms with Crippen LogP contribution >= 0.6 is 0 Å². The van der Waals surface area contributed by atoms with Crippen molar-refractivity contribution in [2.24, 2.45) is 5.92 Å². The quantitative estimate of drug-likeness (QED) is 0.741. The van der Waals surface area contributed by atoms with Gasteiger partial charge in [0.15, 0.2) is 0 Å². The average molecular weight is 249 g/mol. The monoisotopic (exact) mass is 249 g/mol. The van der Waals surface area contributed by atoms with Crippen molar-refractivity contribution in [3.63, 3.8) is 0 Å². The maximum Gasteiger partial charge on any atom is 0.0445 e. The van der Waals surface area contributed by atoms with Gasteiger partial charge in [0.05, 0.1) is 0 Å². The van der Waals surface area contributed by atoms with Crippen molar-refractivity contribution < 1.29 is 5.11 Å². The number of benzene rings is 1. The van der Waals surface area contributed by atoms with Gasteiger partial charge in [-0.3, -0.25) is 0 Å². The average Bonchev–Trinajstić information content (AvgIpc) is 2.38. The van der Waals surface area contributed by atoms with E-state index >= 15 is 0 Å². The summed E-state index contributed by atoms with van der Waals surface area (Å²) < 4.78 is 0. The summed E-state index contributed by atoms with van der Waals surface area (Å²) in [6.45, 7) is 7.96. The van der Waals surface area contributed by atoms with E-state index in [0.29, 0.717) is 17.9 Å². The third-order valence-electron chi connectivity index (χ3n) is 3.63. The lowest BCUT2D eigenvalue weighted by Gasteiger charge is -2.25. The van der Waals surface area contributed by atoms with Gasteiger partial charge in [0, 0.05) is 19.2 Å². The summed E-state index contributed by atoms with van der Waals surface area (Å²) in [5, 5.41) is 12.6. The number of aliphatic hydroxyl groups excluding tert-OH is 1. The van der Waals surface area contributed by atoms with E-state index in [-0.39, 0.29) is 6.61 Å². The zero-order valence-electron chi connectivity index (χ0n) is 11.9. The predicted molar refractivity (Wildman–Crippen MR) is 77.8 cm³/mol. The fraction of sp³-hybridized carbons (Fsp3) is 0.625. The second-order valence-electron chi connectivity index (χ2n) is 5.29. The fourth-order valence-corrected chi connectivity index (χ4v) is 2.34. The minimum Gasteiger partial charge on any atom is -0.396 e. The molecule has 1 aromatic carbocycles. The first-order chi connectivity index (χ1) is 8.69. The molecule has 1 rings (SSSR count). The lowest BCUT2D eigenvalue weighted by molar-refractivity contribution is 0.259. The summed E-state index contributed by atoms with van der Waals surface area (Å²) in [6, 6.07) is 11.1. The second kappa shape index (κ2) is 8.28. The summed E-state index contributed by atoms with van der Waals surface area (Å²) in [7, 11) is 0. The molecule has 2 atom stereocenters. The lowest BCUT2D eigenvalue weighted by atomic mass is 9.88. The van der Waals surface area contributed by atoms with Gasteiger partial charge in [-0.05, 0) is 30.2 Å². The van der Waals surface area contributed by atoms with E-state index in [9.17, 15) is 0 Å². The Kier molecular flexibility index (Phi) is 6.99. The van der Waals surface area contributed by atoms with Crippen LogP contribution in [0, 0.1) is 5.92 Å². The van der Waals surface area contributed by atoms with Crippen LogP contribution in [-0.4, -0.2) is 24.3 Å². The van der Waals surface area contributed by atoms with Crippen LogP contribution in [0.3, 0.4) is 0 Å². The van der Waals surface area contributed by atoms with Crippen molar-refractivity contribution in [2.75, 3.05) is 13.2 Å². The molecular formula is C16H27NO. The number of rotatable bonds is 8. The van der Waals surface area contributed by atoms with Crippen LogP contribution in [0.5, 0.6) is 0 Å². The Hall–Kier alpha value is -0.860. The molecule has 0 radical (unpaired) electrons. The Morgan fingerprint density at radius 3 is 2.33 bits per heavy atom. The van der Waals surface area contributed by atoms with Crippen LogP contribution in [0.1, 0.15) is 45.1 Å². The molecular weight excluding hydrogens is 222 g/mol. The molecule has 2 heteroatoms. The third-order valence-corrected chi connectivity index (χ3v) is 3.63. The molecule has 102 valence electrons. The van der Waals surface area contributed by atoms with Crippen LogP contribution in [0.15, 0.2) is 30.3 Å². The number of hydrogen-bond donors (Lipinski definition) is 2.